The van der Waals surface area contributed by atoms with Gasteiger partial charge in [0, 0.05) is 5.69 Å². The Hall–Kier alpha value is -0.820. The highest BCUT2D eigenvalue weighted by Crippen LogP contribution is 2.25. The summed E-state index contributed by atoms with van der Waals surface area (Å²) >= 11 is 4.47. The highest BCUT2D eigenvalue weighted by Gasteiger charge is 2.10. The van der Waals surface area contributed by atoms with Crippen molar-refractivity contribution in [1.29, 1.82) is 0 Å². The molecular weight excluding hydrogens is 296 g/mol. The summed E-state index contributed by atoms with van der Waals surface area (Å²) in [5.74, 6) is -0.179. The number of aromatic amines is 1. The van der Waals surface area contributed by atoms with Crippen LogP contribution in [0.25, 0.3) is 0 Å². The molecule has 0 fully saturated rings. The quantitative estimate of drug-likeness (QED) is 0.518. The van der Waals surface area contributed by atoms with Gasteiger partial charge in [-0.05, 0) is 29.8 Å². The van der Waals surface area contributed by atoms with Crippen molar-refractivity contribution in [2.24, 2.45) is 0 Å². The Kier molecular flexibility index (Phi) is 5.01. The fraction of sp³-hybridized carbons (Fsp3) is 0.444. The molecule has 0 unspecified atom stereocenters. The van der Waals surface area contributed by atoms with E-state index < -0.39 is 5.69 Å². The molecule has 0 saturated heterocycles. The number of halogens is 1. The zero-order valence-electron chi connectivity index (χ0n) is 8.87. The Morgan fingerprint density at radius 1 is 1.62 bits per heavy atom. The fourth-order valence-electron chi connectivity index (χ4n) is 0.971. The maximum Gasteiger partial charge on any atom is 0.346 e. The van der Waals surface area contributed by atoms with Crippen molar-refractivity contribution in [2.75, 3.05) is 12.4 Å². The number of ether oxygens (including phenoxy) is 1. The van der Waals surface area contributed by atoms with E-state index in [1.807, 2.05) is 0 Å². The highest BCUT2D eigenvalue weighted by molar-refractivity contribution is 9.10. The molecule has 5 nitrogen and oxygen atoms in total. The van der Waals surface area contributed by atoms with Gasteiger partial charge in [-0.2, -0.15) is 4.98 Å². The number of aryl methyl sites for hydroxylation is 1. The van der Waals surface area contributed by atoms with Crippen molar-refractivity contribution in [1.82, 2.24) is 9.97 Å². The van der Waals surface area contributed by atoms with Crippen LogP contribution in [-0.4, -0.2) is 28.3 Å². The van der Waals surface area contributed by atoms with Crippen molar-refractivity contribution in [3.8, 4) is 0 Å². The van der Waals surface area contributed by atoms with Crippen LogP contribution in [0.5, 0.6) is 0 Å². The van der Waals surface area contributed by atoms with Gasteiger partial charge in [0.2, 0.25) is 0 Å². The van der Waals surface area contributed by atoms with Gasteiger partial charge in [0.25, 0.3) is 0 Å². The van der Waals surface area contributed by atoms with E-state index in [-0.39, 0.29) is 11.7 Å². The van der Waals surface area contributed by atoms with E-state index in [4.69, 9.17) is 4.74 Å². The number of hydrogen-bond donors (Lipinski definition) is 1. The molecule has 1 heterocycles. The first kappa shape index (κ1) is 13.2. The molecule has 1 aromatic heterocycles. The molecule has 7 heteroatoms. The van der Waals surface area contributed by atoms with Crippen LogP contribution in [0, 0.1) is 6.92 Å². The molecule has 0 aromatic carbocycles. The van der Waals surface area contributed by atoms with Gasteiger partial charge >= 0.3 is 11.7 Å². The summed E-state index contributed by atoms with van der Waals surface area (Å²) in [7, 11) is 0. The average molecular weight is 307 g/mol. The van der Waals surface area contributed by atoms with Crippen molar-refractivity contribution in [3.05, 3.63) is 20.7 Å². The summed E-state index contributed by atoms with van der Waals surface area (Å²) in [6.07, 6.45) is 0. The first-order valence-electron chi connectivity index (χ1n) is 4.59. The molecule has 0 spiro atoms. The number of aromatic nitrogens is 2. The lowest BCUT2D eigenvalue weighted by atomic mass is 10.5. The first-order chi connectivity index (χ1) is 7.54. The fourth-order valence-corrected chi connectivity index (χ4v) is 2.27. The van der Waals surface area contributed by atoms with Gasteiger partial charge in [0.1, 0.15) is 5.03 Å². The minimum absolute atomic E-state index is 0.141. The Labute approximate surface area is 105 Å². The minimum Gasteiger partial charge on any atom is -0.465 e. The molecule has 0 aliphatic carbocycles. The van der Waals surface area contributed by atoms with Gasteiger partial charge in [0.15, 0.2) is 0 Å². The molecular formula is C9H11BrN2O3S. The number of thioether (sulfide) groups is 1. The number of carbonyl (C=O) groups is 1. The summed E-state index contributed by atoms with van der Waals surface area (Å²) in [5.41, 5.74) is 0.262. The van der Waals surface area contributed by atoms with E-state index in [9.17, 15) is 9.59 Å². The second-order valence-electron chi connectivity index (χ2n) is 2.88. The van der Waals surface area contributed by atoms with E-state index in [1.165, 1.54) is 11.8 Å². The minimum atomic E-state index is -0.424. The van der Waals surface area contributed by atoms with Crippen LogP contribution in [-0.2, 0) is 9.53 Å². The first-order valence-corrected chi connectivity index (χ1v) is 6.37. The summed E-state index contributed by atoms with van der Waals surface area (Å²) in [6.45, 7) is 3.85. The van der Waals surface area contributed by atoms with Crippen LogP contribution in [0.3, 0.4) is 0 Å². The van der Waals surface area contributed by atoms with Crippen molar-refractivity contribution >= 4 is 33.7 Å². The lowest BCUT2D eigenvalue weighted by Crippen LogP contribution is -2.14. The van der Waals surface area contributed by atoms with Crippen LogP contribution in [0.15, 0.2) is 14.3 Å². The van der Waals surface area contributed by atoms with E-state index >= 15 is 0 Å². The lowest BCUT2D eigenvalue weighted by Gasteiger charge is -2.04. The summed E-state index contributed by atoms with van der Waals surface area (Å²) in [6, 6.07) is 0. The number of carbonyl (C=O) groups excluding carboxylic acids is 1. The molecule has 0 aliphatic rings. The SMILES string of the molecule is CCOC(=O)CSc1nc(=O)[nH]c(C)c1Br. The van der Waals surface area contributed by atoms with Crippen LogP contribution in [0.4, 0.5) is 0 Å². The third-order valence-corrected chi connectivity index (χ3v) is 3.83. The Morgan fingerprint density at radius 2 is 2.31 bits per heavy atom. The molecule has 1 aromatic rings. The topological polar surface area (TPSA) is 72.0 Å². The maximum atomic E-state index is 11.1. The predicted molar refractivity (Wildman–Crippen MR) is 64.7 cm³/mol. The third kappa shape index (κ3) is 3.64. The van der Waals surface area contributed by atoms with Crippen LogP contribution in [0.1, 0.15) is 12.6 Å². The van der Waals surface area contributed by atoms with Gasteiger partial charge in [-0.3, -0.25) is 4.79 Å². The standard InChI is InChI=1S/C9H11BrN2O3S/c1-3-15-6(13)4-16-8-7(10)5(2)11-9(14)12-8/h3-4H2,1-2H3,(H,11,12,14). The highest BCUT2D eigenvalue weighted by atomic mass is 79.9. The normalized spacial score (nSPS) is 10.2. The van der Waals surface area contributed by atoms with Crippen molar-refractivity contribution < 1.29 is 9.53 Å². The Balaban J connectivity index is 2.74. The Bertz CT molecular complexity index is 447. The molecule has 0 saturated carbocycles. The lowest BCUT2D eigenvalue weighted by molar-refractivity contribution is -0.139. The molecule has 0 atom stereocenters. The molecule has 0 amide bonds. The smallest absolute Gasteiger partial charge is 0.346 e. The largest absolute Gasteiger partial charge is 0.465 e. The van der Waals surface area contributed by atoms with Gasteiger partial charge in [0.05, 0.1) is 16.8 Å². The van der Waals surface area contributed by atoms with Crippen LogP contribution < -0.4 is 5.69 Å². The van der Waals surface area contributed by atoms with Gasteiger partial charge in [-0.15, -0.1) is 0 Å². The number of hydrogen-bond acceptors (Lipinski definition) is 5. The number of esters is 1. The van der Waals surface area contributed by atoms with E-state index in [1.54, 1.807) is 13.8 Å². The number of rotatable bonds is 4. The zero-order valence-corrected chi connectivity index (χ0v) is 11.3. The van der Waals surface area contributed by atoms with E-state index in [0.717, 1.165) is 0 Å². The maximum absolute atomic E-state index is 11.1. The van der Waals surface area contributed by atoms with E-state index in [2.05, 4.69) is 25.9 Å². The molecule has 88 valence electrons. The molecule has 1 N–H and O–H groups in total. The van der Waals surface area contributed by atoms with Gasteiger partial charge in [-0.25, -0.2) is 4.79 Å². The predicted octanol–water partition coefficient (Wildman–Crippen LogP) is 1.50. The molecule has 0 aliphatic heterocycles. The third-order valence-electron chi connectivity index (χ3n) is 1.65. The van der Waals surface area contributed by atoms with Crippen LogP contribution in [0.2, 0.25) is 0 Å². The Morgan fingerprint density at radius 3 is 2.94 bits per heavy atom. The van der Waals surface area contributed by atoms with Crippen LogP contribution >= 0.6 is 27.7 Å². The second-order valence-corrected chi connectivity index (χ2v) is 4.64. The average Bonchev–Trinajstić information content (AvgIpc) is 2.21. The van der Waals surface area contributed by atoms with Crippen molar-refractivity contribution in [3.63, 3.8) is 0 Å². The molecule has 0 radical (unpaired) electrons. The number of nitrogens with zero attached hydrogens (tertiary/aromatic N) is 1. The number of H-pyrrole nitrogens is 1. The summed E-state index contributed by atoms with van der Waals surface area (Å²) in [4.78, 5) is 28.6. The summed E-state index contributed by atoms with van der Waals surface area (Å²) in [5, 5.41) is 0.495. The van der Waals surface area contributed by atoms with Gasteiger partial charge < -0.3 is 9.72 Å². The molecule has 1 rings (SSSR count). The zero-order chi connectivity index (χ0) is 12.1. The van der Waals surface area contributed by atoms with Gasteiger partial charge in [-0.1, -0.05) is 11.8 Å². The second kappa shape index (κ2) is 6.05. The molecule has 16 heavy (non-hydrogen) atoms. The monoisotopic (exact) mass is 306 g/mol. The molecule has 0 bridgehead atoms. The van der Waals surface area contributed by atoms with Crippen molar-refractivity contribution in [2.45, 2.75) is 18.9 Å². The number of nitrogens with one attached hydrogen (secondary N) is 1. The summed E-state index contributed by atoms with van der Waals surface area (Å²) < 4.78 is 5.47. The van der Waals surface area contributed by atoms with E-state index in [0.29, 0.717) is 21.8 Å².